The quantitative estimate of drug-likeness (QED) is 0.106. The average Bonchev–Trinajstić information content (AvgIpc) is 2.81. The van der Waals surface area contributed by atoms with E-state index in [9.17, 15) is 20.4 Å². The molecule has 268 valence electrons. The van der Waals surface area contributed by atoms with Gasteiger partial charge in [-0.3, -0.25) is 0 Å². The van der Waals surface area contributed by atoms with Crippen molar-refractivity contribution in [3.63, 3.8) is 0 Å². The molecule has 0 bridgehead atoms. The molecule has 11 heteroatoms. The Bertz CT molecular complexity index is 897. The van der Waals surface area contributed by atoms with Crippen LogP contribution in [0.5, 0.6) is 0 Å². The van der Waals surface area contributed by atoms with E-state index in [2.05, 4.69) is 135 Å². The van der Waals surface area contributed by atoms with Crippen LogP contribution in [-0.4, -0.2) is 91.4 Å². The van der Waals surface area contributed by atoms with E-state index in [1.54, 1.807) is 0 Å². The summed E-state index contributed by atoms with van der Waals surface area (Å²) in [6.45, 7) is 45.3. The van der Waals surface area contributed by atoms with Crippen molar-refractivity contribution in [2.75, 3.05) is 26.4 Å². The maximum atomic E-state index is 10.5. The highest BCUT2D eigenvalue weighted by Gasteiger charge is 2.55. The van der Waals surface area contributed by atoms with Gasteiger partial charge in [0.1, 0.15) is 25.4 Å². The van der Waals surface area contributed by atoms with Crippen LogP contribution < -0.4 is 0 Å². The van der Waals surface area contributed by atoms with Crippen LogP contribution in [0.1, 0.15) is 83.1 Å². The largest absolute Gasteiger partial charge is 0.463 e. The lowest BCUT2D eigenvalue weighted by Crippen LogP contribution is -2.56. The van der Waals surface area contributed by atoms with E-state index >= 15 is 0 Å². The highest BCUT2D eigenvalue weighted by Crippen LogP contribution is 2.54. The molecule has 0 rings (SSSR count). The Balaban J connectivity index is 8.62. The van der Waals surface area contributed by atoms with E-state index in [1.165, 1.54) is 9.64 Å². The molecule has 0 amide bonds. The van der Waals surface area contributed by atoms with E-state index in [4.69, 9.17) is 14.2 Å². The van der Waals surface area contributed by atoms with E-state index < -0.39 is 57.7 Å². The fourth-order valence-corrected chi connectivity index (χ4v) is 27.5. The highest BCUT2D eigenvalue weighted by atomic mass is 28.4. The third-order valence-corrected chi connectivity index (χ3v) is 40.1. The molecule has 2 unspecified atom stereocenters. The SMILES string of the molecule is CC(C)(C)[Si](C)(C)C(=C(OCC(O)CO)OC(OCC(O)CO)=C([Si](C)(C)C(C)(C)C)[Si](C)(C)C(C)(C)C)[Si](C)(C)C(C)(C)C. The lowest BCUT2D eigenvalue weighted by molar-refractivity contribution is -0.0554. The minimum atomic E-state index is -2.34. The van der Waals surface area contributed by atoms with E-state index in [0.717, 1.165) is 0 Å². The molecule has 7 nitrogen and oxygen atoms in total. The molecular weight excluding hydrogens is 633 g/mol. The Morgan fingerprint density at radius 1 is 0.467 bits per heavy atom. The molecule has 0 aliphatic rings. The first-order valence-corrected chi connectivity index (χ1v) is 28.7. The van der Waals surface area contributed by atoms with Crippen LogP contribution in [0.4, 0.5) is 0 Å². The van der Waals surface area contributed by atoms with Crippen LogP contribution in [0.25, 0.3) is 0 Å². The number of hydrogen-bond acceptors (Lipinski definition) is 7. The Morgan fingerprint density at radius 3 is 0.822 bits per heavy atom. The lowest BCUT2D eigenvalue weighted by atomic mass is 10.2. The van der Waals surface area contributed by atoms with Crippen molar-refractivity contribution in [3.8, 4) is 0 Å². The van der Waals surface area contributed by atoms with E-state index in [-0.39, 0.29) is 33.4 Å². The molecule has 0 saturated heterocycles. The first kappa shape index (κ1) is 44.6. The normalized spacial score (nSPS) is 15.7. The van der Waals surface area contributed by atoms with Crippen molar-refractivity contribution in [1.82, 2.24) is 0 Å². The Kier molecular flexibility index (Phi) is 14.9. The van der Waals surface area contributed by atoms with Crippen LogP contribution in [0.15, 0.2) is 21.5 Å². The maximum absolute atomic E-state index is 10.5. The molecule has 0 aliphatic carbocycles. The molecule has 0 spiro atoms. The van der Waals surface area contributed by atoms with Gasteiger partial charge in [0.15, 0.2) is 0 Å². The van der Waals surface area contributed by atoms with Gasteiger partial charge in [-0.2, -0.15) is 0 Å². The minimum Gasteiger partial charge on any atom is -0.463 e. The molecule has 0 aromatic carbocycles. The van der Waals surface area contributed by atoms with Crippen molar-refractivity contribution in [3.05, 3.63) is 21.5 Å². The second-order valence-corrected chi connectivity index (χ2v) is 41.2. The molecule has 2 atom stereocenters. The van der Waals surface area contributed by atoms with Gasteiger partial charge in [-0.05, 0) is 29.8 Å². The van der Waals surface area contributed by atoms with Gasteiger partial charge in [0.25, 0.3) is 11.9 Å². The predicted molar refractivity (Wildman–Crippen MR) is 202 cm³/mol. The predicted octanol–water partition coefficient (Wildman–Crippen LogP) is 8.36. The Morgan fingerprint density at radius 2 is 0.667 bits per heavy atom. The number of rotatable bonds is 14. The summed E-state index contributed by atoms with van der Waals surface area (Å²) in [5, 5.41) is 40.3. The molecule has 0 radical (unpaired) electrons. The van der Waals surface area contributed by atoms with Crippen LogP contribution >= 0.6 is 0 Å². The zero-order valence-electron chi connectivity index (χ0n) is 33.0. The van der Waals surface area contributed by atoms with Crippen LogP contribution in [0.3, 0.4) is 0 Å². The van der Waals surface area contributed by atoms with Crippen molar-refractivity contribution in [2.24, 2.45) is 0 Å². The summed E-state index contributed by atoms with van der Waals surface area (Å²) in [6.07, 6.45) is -2.15. The second kappa shape index (κ2) is 15.0. The number of aliphatic hydroxyl groups is 4. The smallest absolute Gasteiger partial charge is 0.278 e. The molecule has 0 saturated carbocycles. The van der Waals surface area contributed by atoms with Crippen molar-refractivity contribution in [1.29, 1.82) is 0 Å². The number of aliphatic hydroxyl groups excluding tert-OH is 4. The van der Waals surface area contributed by atoms with Crippen molar-refractivity contribution >= 4 is 32.3 Å². The topological polar surface area (TPSA) is 109 Å². The first-order chi connectivity index (χ1) is 19.7. The first-order valence-electron chi connectivity index (χ1n) is 16.7. The summed E-state index contributed by atoms with van der Waals surface area (Å²) in [7, 11) is -9.36. The summed E-state index contributed by atoms with van der Waals surface area (Å²) in [6, 6.07) is 0. The van der Waals surface area contributed by atoms with Crippen LogP contribution in [0.2, 0.25) is 72.5 Å². The lowest BCUT2D eigenvalue weighted by Gasteiger charge is -2.50. The van der Waals surface area contributed by atoms with Gasteiger partial charge in [0.2, 0.25) is 0 Å². The summed E-state index contributed by atoms with van der Waals surface area (Å²) in [4.78, 5) is 2.43. The zero-order chi connectivity index (χ0) is 36.4. The number of ether oxygens (including phenoxy) is 3. The van der Waals surface area contributed by atoms with Crippen molar-refractivity contribution < 1.29 is 34.6 Å². The monoisotopic (exact) mass is 706 g/mol. The molecule has 0 aliphatic heterocycles. The van der Waals surface area contributed by atoms with Gasteiger partial charge in [-0.1, -0.05) is 135 Å². The maximum Gasteiger partial charge on any atom is 0.278 e. The molecular formula is C34H74O7Si4. The molecule has 0 heterocycles. The van der Waals surface area contributed by atoms with Gasteiger partial charge in [0.05, 0.1) is 45.5 Å². The van der Waals surface area contributed by atoms with Gasteiger partial charge >= 0.3 is 0 Å². The van der Waals surface area contributed by atoms with Crippen molar-refractivity contribution in [2.45, 2.75) is 168 Å². The number of hydrogen-bond donors (Lipinski definition) is 4. The minimum absolute atomic E-state index is 0.0507. The van der Waals surface area contributed by atoms with Gasteiger partial charge in [-0.15, -0.1) is 0 Å². The third kappa shape index (κ3) is 10.3. The second-order valence-electron chi connectivity index (χ2n) is 19.2. The molecule has 0 aromatic rings. The summed E-state index contributed by atoms with van der Waals surface area (Å²) in [5.41, 5.74) is 0. The fraction of sp³-hybridized carbons (Fsp3) is 0.882. The summed E-state index contributed by atoms with van der Waals surface area (Å²) < 4.78 is 20.3. The summed E-state index contributed by atoms with van der Waals surface area (Å²) in [5.74, 6) is 0.758. The van der Waals surface area contributed by atoms with Gasteiger partial charge < -0.3 is 34.6 Å². The summed E-state index contributed by atoms with van der Waals surface area (Å²) >= 11 is 0. The molecule has 45 heavy (non-hydrogen) atoms. The van der Waals surface area contributed by atoms with Crippen LogP contribution in [-0.2, 0) is 14.2 Å². The third-order valence-electron chi connectivity index (χ3n) is 11.8. The van der Waals surface area contributed by atoms with Gasteiger partial charge in [-0.25, -0.2) is 0 Å². The standard InChI is InChI=1S/C34H74O7Si4/c1-31(2,3)42(13,14)29(43(15,16)32(4,5)6)27(39-23-25(37)21-35)41-28(40-24-26(38)22-36)30(44(17,18)33(7,8)9)45(19,20)34(10,11)12/h25-26,35-38H,21-24H2,1-20H3. The highest BCUT2D eigenvalue weighted by molar-refractivity contribution is 7.08. The molecule has 0 fully saturated rings. The zero-order valence-corrected chi connectivity index (χ0v) is 37.0. The van der Waals surface area contributed by atoms with Gasteiger partial charge in [0, 0.05) is 0 Å². The Labute approximate surface area is 281 Å². The van der Waals surface area contributed by atoms with Crippen LogP contribution in [0, 0.1) is 0 Å². The van der Waals surface area contributed by atoms with E-state index in [1.807, 2.05) is 0 Å². The average molecular weight is 707 g/mol. The van der Waals surface area contributed by atoms with E-state index in [0.29, 0.717) is 11.9 Å². The fourth-order valence-electron chi connectivity index (χ4n) is 4.92. The molecule has 0 aromatic heterocycles. The molecule has 4 N–H and O–H groups in total. The Hall–Kier alpha value is -0.412.